The Kier molecular flexibility index (Phi) is 22.9. The highest BCUT2D eigenvalue weighted by Crippen LogP contribution is 2.06. The molecule has 132 valence electrons. The van der Waals surface area contributed by atoms with E-state index in [1.807, 2.05) is 45.2 Å². The molecule has 0 aliphatic carbocycles. The first kappa shape index (κ1) is 26.1. The van der Waals surface area contributed by atoms with Crippen molar-refractivity contribution in [2.75, 3.05) is 13.1 Å². The maximum atomic E-state index is 10.9. The fraction of sp³-hybridized carbons (Fsp3) is 0.476. The monoisotopic (exact) mass is 319 g/mol. The van der Waals surface area contributed by atoms with Crippen LogP contribution in [0, 0.1) is 0 Å². The largest absolute Gasteiger partial charge is 0.374 e. The third kappa shape index (κ3) is 18.1. The predicted molar refractivity (Wildman–Crippen MR) is 107 cm³/mol. The average molecular weight is 320 g/mol. The van der Waals surface area contributed by atoms with Crippen molar-refractivity contribution in [3.05, 3.63) is 60.9 Å². The molecule has 0 aromatic carbocycles. The highest BCUT2D eigenvalue weighted by atomic mass is 16.1. The Balaban J connectivity index is -0.000000288. The maximum Gasteiger partial charge on any atom is 0.159 e. The van der Waals surface area contributed by atoms with E-state index in [0.717, 1.165) is 24.2 Å². The molecule has 0 spiro atoms. The van der Waals surface area contributed by atoms with Crippen molar-refractivity contribution < 1.29 is 4.79 Å². The van der Waals surface area contributed by atoms with Crippen molar-refractivity contribution in [1.29, 1.82) is 0 Å². The van der Waals surface area contributed by atoms with Crippen LogP contribution in [0.5, 0.6) is 0 Å². The number of Topliss-reactive ketones (excluding diaryl/α,β-unsaturated/α-hetero) is 1. The minimum absolute atomic E-state index is 0.150. The van der Waals surface area contributed by atoms with Gasteiger partial charge in [0.25, 0.3) is 0 Å². The molecular formula is C21H37NO. The summed E-state index contributed by atoms with van der Waals surface area (Å²) in [5.41, 5.74) is 1.98. The summed E-state index contributed by atoms with van der Waals surface area (Å²) in [4.78, 5) is 13.0. The van der Waals surface area contributed by atoms with E-state index in [-0.39, 0.29) is 5.78 Å². The van der Waals surface area contributed by atoms with Gasteiger partial charge in [-0.1, -0.05) is 77.2 Å². The Hall–Kier alpha value is -1.83. The summed E-state index contributed by atoms with van der Waals surface area (Å²) in [7, 11) is 0. The van der Waals surface area contributed by atoms with E-state index in [1.165, 1.54) is 6.42 Å². The van der Waals surface area contributed by atoms with Crippen LogP contribution in [0.25, 0.3) is 0 Å². The molecule has 1 aliphatic heterocycles. The molecule has 0 saturated heterocycles. The minimum atomic E-state index is 0.150. The van der Waals surface area contributed by atoms with Crippen molar-refractivity contribution in [2.45, 2.75) is 54.9 Å². The maximum absolute atomic E-state index is 10.9. The highest BCUT2D eigenvalue weighted by molar-refractivity contribution is 5.96. The molecule has 0 bridgehead atoms. The molecule has 0 amide bonds. The van der Waals surface area contributed by atoms with E-state index >= 15 is 0 Å². The van der Waals surface area contributed by atoms with Crippen LogP contribution >= 0.6 is 0 Å². The molecule has 0 saturated carbocycles. The summed E-state index contributed by atoms with van der Waals surface area (Å²) in [5.74, 6) is 0.150. The predicted octanol–water partition coefficient (Wildman–Crippen LogP) is 6.10. The molecule has 0 aromatic heterocycles. The van der Waals surface area contributed by atoms with Gasteiger partial charge in [0.15, 0.2) is 5.78 Å². The smallest absolute Gasteiger partial charge is 0.159 e. The van der Waals surface area contributed by atoms with Gasteiger partial charge in [-0.2, -0.15) is 0 Å². The van der Waals surface area contributed by atoms with Gasteiger partial charge in [-0.05, 0) is 26.8 Å². The van der Waals surface area contributed by atoms with Gasteiger partial charge in [0, 0.05) is 24.9 Å². The van der Waals surface area contributed by atoms with Crippen molar-refractivity contribution in [3.8, 4) is 0 Å². The van der Waals surface area contributed by atoms with Crippen molar-refractivity contribution in [3.63, 3.8) is 0 Å². The van der Waals surface area contributed by atoms with Crippen LogP contribution in [0.1, 0.15) is 54.9 Å². The molecule has 1 aliphatic rings. The van der Waals surface area contributed by atoms with Crippen LogP contribution in [-0.2, 0) is 4.79 Å². The lowest BCUT2D eigenvalue weighted by Gasteiger charge is -2.19. The number of hydrogen-bond acceptors (Lipinski definition) is 2. The lowest BCUT2D eigenvalue weighted by atomic mass is 10.1. The normalized spacial score (nSPS) is 12.2. The quantitative estimate of drug-likeness (QED) is 0.584. The Morgan fingerprint density at radius 3 is 1.96 bits per heavy atom. The SMILES string of the molecule is C=C/C=C(/C)C=C.CC.CCC.CCN1C=CC(C(C)=O)=CC1. The summed E-state index contributed by atoms with van der Waals surface area (Å²) in [5, 5.41) is 0. The van der Waals surface area contributed by atoms with Crippen LogP contribution in [0.15, 0.2) is 60.9 Å². The van der Waals surface area contributed by atoms with Gasteiger partial charge in [-0.25, -0.2) is 0 Å². The van der Waals surface area contributed by atoms with Gasteiger partial charge in [-0.15, -0.1) is 0 Å². The molecule has 0 aromatic rings. The zero-order valence-corrected chi connectivity index (χ0v) is 16.4. The van der Waals surface area contributed by atoms with E-state index in [4.69, 9.17) is 0 Å². The zero-order valence-electron chi connectivity index (χ0n) is 16.4. The van der Waals surface area contributed by atoms with Crippen LogP contribution < -0.4 is 0 Å². The van der Waals surface area contributed by atoms with E-state index in [0.29, 0.717) is 0 Å². The highest BCUT2D eigenvalue weighted by Gasteiger charge is 2.04. The molecule has 0 radical (unpaired) electrons. The number of carbonyl (C=O) groups excluding carboxylic acids is 1. The van der Waals surface area contributed by atoms with Gasteiger partial charge >= 0.3 is 0 Å². The topological polar surface area (TPSA) is 20.3 Å². The number of rotatable bonds is 4. The first-order valence-electron chi connectivity index (χ1n) is 8.51. The first-order chi connectivity index (χ1) is 11.0. The van der Waals surface area contributed by atoms with Crippen molar-refractivity contribution >= 4 is 5.78 Å². The van der Waals surface area contributed by atoms with Crippen LogP contribution in [0.3, 0.4) is 0 Å². The molecule has 0 unspecified atom stereocenters. The van der Waals surface area contributed by atoms with Gasteiger partial charge in [0.1, 0.15) is 0 Å². The molecule has 0 fully saturated rings. The molecule has 0 atom stereocenters. The Bertz CT molecular complexity index is 400. The number of ketones is 1. The zero-order chi connectivity index (χ0) is 18.7. The van der Waals surface area contributed by atoms with E-state index in [1.54, 1.807) is 19.1 Å². The van der Waals surface area contributed by atoms with E-state index in [9.17, 15) is 4.79 Å². The van der Waals surface area contributed by atoms with E-state index < -0.39 is 0 Å². The second-order valence-corrected chi connectivity index (χ2v) is 4.68. The van der Waals surface area contributed by atoms with Crippen LogP contribution in [-0.4, -0.2) is 23.8 Å². The third-order valence-corrected chi connectivity index (χ3v) is 2.53. The lowest BCUT2D eigenvalue weighted by molar-refractivity contribution is -0.113. The number of carbonyl (C=O) groups is 1. The number of hydrogen-bond donors (Lipinski definition) is 0. The summed E-state index contributed by atoms with van der Waals surface area (Å²) in [6.07, 6.45) is 12.5. The van der Waals surface area contributed by atoms with Crippen LogP contribution in [0.4, 0.5) is 0 Å². The second kappa shape index (κ2) is 20.2. The Labute approximate surface area is 145 Å². The molecule has 1 heterocycles. The minimum Gasteiger partial charge on any atom is -0.374 e. The average Bonchev–Trinajstić information content (AvgIpc) is 2.58. The van der Waals surface area contributed by atoms with E-state index in [2.05, 4.69) is 38.8 Å². The van der Waals surface area contributed by atoms with Gasteiger partial charge < -0.3 is 4.90 Å². The summed E-state index contributed by atoms with van der Waals surface area (Å²) < 4.78 is 0. The number of likely N-dealkylation sites (N-methyl/N-ethyl adjacent to an activating group) is 1. The van der Waals surface area contributed by atoms with Crippen molar-refractivity contribution in [1.82, 2.24) is 4.90 Å². The van der Waals surface area contributed by atoms with Gasteiger partial charge in [0.2, 0.25) is 0 Å². The molecule has 1 rings (SSSR count). The summed E-state index contributed by atoms with van der Waals surface area (Å²) >= 11 is 0. The molecule has 23 heavy (non-hydrogen) atoms. The molecule has 0 N–H and O–H groups in total. The first-order valence-corrected chi connectivity index (χ1v) is 8.51. The molecule has 2 nitrogen and oxygen atoms in total. The Morgan fingerprint density at radius 2 is 1.74 bits per heavy atom. The third-order valence-electron chi connectivity index (χ3n) is 2.53. The molecule has 2 heteroatoms. The summed E-state index contributed by atoms with van der Waals surface area (Å²) in [6, 6.07) is 0. The fourth-order valence-corrected chi connectivity index (χ4v) is 1.28. The molecular weight excluding hydrogens is 282 g/mol. The second-order valence-electron chi connectivity index (χ2n) is 4.68. The van der Waals surface area contributed by atoms with Gasteiger partial charge in [-0.3, -0.25) is 4.79 Å². The lowest BCUT2D eigenvalue weighted by Crippen LogP contribution is -2.20. The fourth-order valence-electron chi connectivity index (χ4n) is 1.28. The van der Waals surface area contributed by atoms with Crippen molar-refractivity contribution in [2.24, 2.45) is 0 Å². The summed E-state index contributed by atoms with van der Waals surface area (Å²) in [6.45, 7) is 22.9. The number of nitrogens with zero attached hydrogens (tertiary/aromatic N) is 1. The van der Waals surface area contributed by atoms with Crippen LogP contribution in [0.2, 0.25) is 0 Å². The number of allylic oxidation sites excluding steroid dienone is 6. The van der Waals surface area contributed by atoms with Gasteiger partial charge in [0.05, 0.1) is 0 Å². The Morgan fingerprint density at radius 1 is 1.22 bits per heavy atom. The standard InChI is InChI=1S/C9H13NO.C7H10.C3H8.C2H6/c1-3-10-6-4-9(5-7-10)8(2)11;1-4-6-7(3)5-2;1-3-2;1-2/h4-6H,3,7H2,1-2H3;4-6H,1-2H2,3H3;3H2,1-2H3;1-2H3/b;7-6-;;.